The van der Waals surface area contributed by atoms with Gasteiger partial charge in [0.2, 0.25) is 5.76 Å². The van der Waals surface area contributed by atoms with Gasteiger partial charge in [-0.05, 0) is 38.0 Å². The van der Waals surface area contributed by atoms with E-state index < -0.39 is 11.7 Å². The second-order valence-electron chi connectivity index (χ2n) is 7.23. The lowest BCUT2D eigenvalue weighted by Gasteiger charge is -2.33. The third kappa shape index (κ3) is 4.14. The summed E-state index contributed by atoms with van der Waals surface area (Å²) in [5.74, 6) is 0.304. The number of rotatable bonds is 4. The number of benzene rings is 1. The first kappa shape index (κ1) is 19.9. The molecule has 158 valence electrons. The van der Waals surface area contributed by atoms with Crippen LogP contribution in [0.15, 0.2) is 48.0 Å². The molecule has 2 aliphatic heterocycles. The molecule has 2 aromatic rings. The molecule has 0 radical (unpaired) electrons. The Hall–Kier alpha value is -3.36. The van der Waals surface area contributed by atoms with Gasteiger partial charge in [0.1, 0.15) is 30.6 Å². The number of nitrogens with zero attached hydrogens (tertiary/aromatic N) is 3. The number of nitrogens with one attached hydrogen (secondary N) is 1. The number of carbonyl (C=O) groups excluding carboxylic acids is 2. The Kier molecular flexibility index (Phi) is 5.69. The summed E-state index contributed by atoms with van der Waals surface area (Å²) in [6.07, 6.45) is 2.98. The second-order valence-corrected chi connectivity index (χ2v) is 7.23. The first-order valence-electron chi connectivity index (χ1n) is 9.89. The molecule has 0 saturated carbocycles. The van der Waals surface area contributed by atoms with Gasteiger partial charge in [0, 0.05) is 24.7 Å². The van der Waals surface area contributed by atoms with E-state index in [4.69, 9.17) is 9.47 Å². The van der Waals surface area contributed by atoms with E-state index in [9.17, 15) is 14.0 Å². The maximum absolute atomic E-state index is 13.4. The zero-order valence-electron chi connectivity index (χ0n) is 16.6. The molecule has 8 nitrogen and oxygen atoms in total. The van der Waals surface area contributed by atoms with Gasteiger partial charge in [-0.1, -0.05) is 6.07 Å². The standard InChI is InChI=1S/C21H23FN4O4/c1-14-19(30-12-11-29-14)21(28)25-9-6-17(7-10-25)26-18(5-8-23-26)24-20(27)15-3-2-4-16(22)13-15/h2-5,8,13,17H,6-7,9-12H2,1H3,(H,24,27). The summed E-state index contributed by atoms with van der Waals surface area (Å²) in [6.45, 7) is 3.64. The third-order valence-electron chi connectivity index (χ3n) is 5.26. The molecule has 0 bridgehead atoms. The highest BCUT2D eigenvalue weighted by Gasteiger charge is 2.30. The molecular weight excluding hydrogens is 391 g/mol. The summed E-state index contributed by atoms with van der Waals surface area (Å²) in [7, 11) is 0. The van der Waals surface area contributed by atoms with Crippen LogP contribution in [0.2, 0.25) is 0 Å². The topological polar surface area (TPSA) is 85.7 Å². The highest BCUT2D eigenvalue weighted by atomic mass is 19.1. The van der Waals surface area contributed by atoms with Crippen LogP contribution >= 0.6 is 0 Å². The molecule has 1 aromatic carbocycles. The minimum atomic E-state index is -0.467. The molecule has 30 heavy (non-hydrogen) atoms. The maximum Gasteiger partial charge on any atom is 0.292 e. The van der Waals surface area contributed by atoms with E-state index in [1.54, 1.807) is 34.8 Å². The quantitative estimate of drug-likeness (QED) is 0.832. The smallest absolute Gasteiger partial charge is 0.292 e. The van der Waals surface area contributed by atoms with Crippen molar-refractivity contribution < 1.29 is 23.5 Å². The minimum absolute atomic E-state index is 0.0328. The Bertz CT molecular complexity index is 979. The Morgan fingerprint density at radius 1 is 1.17 bits per heavy atom. The second kappa shape index (κ2) is 8.56. The van der Waals surface area contributed by atoms with Crippen molar-refractivity contribution in [3.05, 3.63) is 59.4 Å². The van der Waals surface area contributed by atoms with Crippen molar-refractivity contribution in [3.63, 3.8) is 0 Å². The van der Waals surface area contributed by atoms with E-state index in [0.29, 0.717) is 50.7 Å². The number of aromatic nitrogens is 2. The highest BCUT2D eigenvalue weighted by molar-refractivity contribution is 6.03. The Labute approximate surface area is 173 Å². The van der Waals surface area contributed by atoms with Crippen LogP contribution in [0.4, 0.5) is 10.2 Å². The lowest BCUT2D eigenvalue weighted by atomic mass is 10.0. The van der Waals surface area contributed by atoms with Gasteiger partial charge in [-0.2, -0.15) is 5.10 Å². The molecule has 3 heterocycles. The number of anilines is 1. The summed E-state index contributed by atoms with van der Waals surface area (Å²) in [4.78, 5) is 26.9. The molecule has 0 aliphatic carbocycles. The highest BCUT2D eigenvalue weighted by Crippen LogP contribution is 2.27. The van der Waals surface area contributed by atoms with Crippen molar-refractivity contribution in [3.8, 4) is 0 Å². The molecule has 2 aliphatic rings. The number of amides is 2. The van der Waals surface area contributed by atoms with Crippen LogP contribution in [0.25, 0.3) is 0 Å². The number of likely N-dealkylation sites (tertiary alicyclic amines) is 1. The van der Waals surface area contributed by atoms with Gasteiger partial charge in [-0.15, -0.1) is 0 Å². The molecular formula is C21H23FN4O4. The van der Waals surface area contributed by atoms with Crippen molar-refractivity contribution in [2.75, 3.05) is 31.6 Å². The van der Waals surface area contributed by atoms with Gasteiger partial charge in [0.25, 0.3) is 11.8 Å². The number of ether oxygens (including phenoxy) is 2. The van der Waals surface area contributed by atoms with E-state index in [0.717, 1.165) is 0 Å². The third-order valence-corrected chi connectivity index (χ3v) is 5.26. The Morgan fingerprint density at radius 2 is 1.93 bits per heavy atom. The predicted octanol–water partition coefficient (Wildman–Crippen LogP) is 2.72. The maximum atomic E-state index is 13.4. The van der Waals surface area contributed by atoms with Crippen molar-refractivity contribution >= 4 is 17.6 Å². The van der Waals surface area contributed by atoms with E-state index in [2.05, 4.69) is 10.4 Å². The molecule has 0 atom stereocenters. The van der Waals surface area contributed by atoms with Crippen LogP contribution in [0, 0.1) is 5.82 Å². The molecule has 1 N–H and O–H groups in total. The van der Waals surface area contributed by atoms with Crippen LogP contribution in [0.5, 0.6) is 0 Å². The van der Waals surface area contributed by atoms with Crippen LogP contribution in [0.1, 0.15) is 36.2 Å². The number of piperidine rings is 1. The molecule has 9 heteroatoms. The monoisotopic (exact) mass is 414 g/mol. The SMILES string of the molecule is CC1=C(C(=O)N2CCC(n3nccc3NC(=O)c3cccc(F)c3)CC2)OCCO1. The first-order valence-corrected chi connectivity index (χ1v) is 9.89. The summed E-state index contributed by atoms with van der Waals surface area (Å²) in [6, 6.07) is 7.26. The number of allylic oxidation sites excluding steroid dienone is 1. The fourth-order valence-electron chi connectivity index (χ4n) is 3.70. The summed E-state index contributed by atoms with van der Waals surface area (Å²) < 4.78 is 26.0. The van der Waals surface area contributed by atoms with Crippen LogP contribution in [0.3, 0.4) is 0 Å². The van der Waals surface area contributed by atoms with E-state index in [-0.39, 0.29) is 23.3 Å². The molecule has 0 spiro atoms. The van der Waals surface area contributed by atoms with E-state index in [1.807, 2.05) is 0 Å². The average molecular weight is 414 g/mol. The van der Waals surface area contributed by atoms with Crippen molar-refractivity contribution in [2.45, 2.75) is 25.8 Å². The van der Waals surface area contributed by atoms with Crippen molar-refractivity contribution in [2.24, 2.45) is 0 Å². The first-order chi connectivity index (χ1) is 14.5. The Balaban J connectivity index is 1.39. The molecule has 1 fully saturated rings. The predicted molar refractivity (Wildman–Crippen MR) is 106 cm³/mol. The van der Waals surface area contributed by atoms with Gasteiger partial charge in [-0.25, -0.2) is 9.07 Å². The minimum Gasteiger partial charge on any atom is -0.491 e. The van der Waals surface area contributed by atoms with E-state index >= 15 is 0 Å². The van der Waals surface area contributed by atoms with E-state index in [1.165, 1.54) is 18.2 Å². The molecule has 1 saturated heterocycles. The number of hydrogen-bond acceptors (Lipinski definition) is 5. The van der Waals surface area contributed by atoms with Crippen LogP contribution < -0.4 is 5.32 Å². The summed E-state index contributed by atoms with van der Waals surface area (Å²) >= 11 is 0. The Morgan fingerprint density at radius 3 is 2.67 bits per heavy atom. The molecule has 1 aromatic heterocycles. The van der Waals surface area contributed by atoms with Gasteiger partial charge in [-0.3, -0.25) is 9.59 Å². The van der Waals surface area contributed by atoms with Gasteiger partial charge < -0.3 is 19.7 Å². The zero-order chi connectivity index (χ0) is 21.1. The summed E-state index contributed by atoms with van der Waals surface area (Å²) in [5, 5.41) is 7.14. The molecule has 2 amide bonds. The number of halogens is 1. The van der Waals surface area contributed by atoms with Gasteiger partial charge in [0.05, 0.1) is 12.2 Å². The lowest BCUT2D eigenvalue weighted by molar-refractivity contribution is -0.134. The van der Waals surface area contributed by atoms with Crippen molar-refractivity contribution in [1.82, 2.24) is 14.7 Å². The van der Waals surface area contributed by atoms with Gasteiger partial charge in [0.15, 0.2) is 0 Å². The average Bonchev–Trinajstić information content (AvgIpc) is 3.22. The largest absolute Gasteiger partial charge is 0.491 e. The van der Waals surface area contributed by atoms with Crippen LogP contribution in [-0.4, -0.2) is 52.8 Å². The molecule has 4 rings (SSSR count). The zero-order valence-corrected chi connectivity index (χ0v) is 16.6. The lowest BCUT2D eigenvalue weighted by Crippen LogP contribution is -2.41. The molecule has 0 unspecified atom stereocenters. The fourth-order valence-corrected chi connectivity index (χ4v) is 3.70. The number of hydrogen-bond donors (Lipinski definition) is 1. The summed E-state index contributed by atoms with van der Waals surface area (Å²) in [5.41, 5.74) is 0.238. The number of carbonyl (C=O) groups is 2. The van der Waals surface area contributed by atoms with Gasteiger partial charge >= 0.3 is 0 Å². The normalized spacial score (nSPS) is 17.3. The fraction of sp³-hybridized carbons (Fsp3) is 0.381. The van der Waals surface area contributed by atoms with Crippen molar-refractivity contribution in [1.29, 1.82) is 0 Å². The van der Waals surface area contributed by atoms with Crippen LogP contribution in [-0.2, 0) is 14.3 Å².